The predicted octanol–water partition coefficient (Wildman–Crippen LogP) is 3.58. The molecule has 7 heteroatoms. The lowest BCUT2D eigenvalue weighted by Crippen LogP contribution is -2.62. The number of nitrogens with two attached hydrogens (primary N) is 1. The van der Waals surface area contributed by atoms with Crippen molar-refractivity contribution in [1.82, 2.24) is 10.2 Å². The van der Waals surface area contributed by atoms with Crippen LogP contribution in [-0.2, 0) is 26.3 Å². The summed E-state index contributed by atoms with van der Waals surface area (Å²) in [5.74, 6) is -1.47. The SMILES string of the molecule is CC(=O)C1(c2cccc(Cl)c2)NC(C)CCN(C(Cc2cccc3ccccc23)C(N)=O)C1=O. The van der Waals surface area contributed by atoms with E-state index < -0.39 is 23.4 Å². The van der Waals surface area contributed by atoms with Crippen molar-refractivity contribution in [2.75, 3.05) is 6.54 Å². The zero-order valence-electron chi connectivity index (χ0n) is 19.3. The van der Waals surface area contributed by atoms with E-state index in [1.807, 2.05) is 49.4 Å². The summed E-state index contributed by atoms with van der Waals surface area (Å²) in [5.41, 5.74) is 5.58. The number of primary amides is 1. The summed E-state index contributed by atoms with van der Waals surface area (Å²) in [4.78, 5) is 41.5. The minimum atomic E-state index is -1.66. The maximum absolute atomic E-state index is 14.2. The van der Waals surface area contributed by atoms with Gasteiger partial charge in [-0.15, -0.1) is 0 Å². The maximum Gasteiger partial charge on any atom is 0.255 e. The summed E-state index contributed by atoms with van der Waals surface area (Å²) in [5, 5.41) is 5.70. The Balaban J connectivity index is 1.81. The van der Waals surface area contributed by atoms with E-state index >= 15 is 0 Å². The second-order valence-electron chi connectivity index (χ2n) is 8.91. The molecule has 0 bridgehead atoms. The summed E-state index contributed by atoms with van der Waals surface area (Å²) in [6.07, 6.45) is 0.807. The Morgan fingerprint density at radius 2 is 1.85 bits per heavy atom. The molecule has 3 atom stereocenters. The molecule has 3 aromatic rings. The summed E-state index contributed by atoms with van der Waals surface area (Å²) in [6.45, 7) is 3.59. The Morgan fingerprint density at radius 1 is 1.15 bits per heavy atom. The number of fused-ring (bicyclic) bond motifs is 1. The quantitative estimate of drug-likeness (QED) is 0.531. The predicted molar refractivity (Wildman–Crippen MR) is 133 cm³/mol. The normalized spacial score (nSPS) is 21.8. The molecule has 0 saturated carbocycles. The van der Waals surface area contributed by atoms with E-state index in [9.17, 15) is 14.4 Å². The summed E-state index contributed by atoms with van der Waals surface area (Å²) in [7, 11) is 0. The zero-order valence-corrected chi connectivity index (χ0v) is 20.0. The van der Waals surface area contributed by atoms with Gasteiger partial charge in [0.1, 0.15) is 6.04 Å². The number of benzene rings is 3. The molecular formula is C27H28ClN3O3. The Kier molecular flexibility index (Phi) is 6.73. The van der Waals surface area contributed by atoms with Gasteiger partial charge in [-0.25, -0.2) is 0 Å². The molecule has 0 spiro atoms. The van der Waals surface area contributed by atoms with Crippen LogP contribution in [-0.4, -0.2) is 41.1 Å². The fourth-order valence-electron chi connectivity index (χ4n) is 4.88. The third-order valence-electron chi connectivity index (χ3n) is 6.63. The monoisotopic (exact) mass is 477 g/mol. The van der Waals surface area contributed by atoms with Gasteiger partial charge in [0.25, 0.3) is 5.91 Å². The lowest BCUT2D eigenvalue weighted by molar-refractivity contribution is -0.148. The van der Waals surface area contributed by atoms with Gasteiger partial charge >= 0.3 is 0 Å². The van der Waals surface area contributed by atoms with Crippen molar-refractivity contribution in [3.63, 3.8) is 0 Å². The minimum Gasteiger partial charge on any atom is -0.368 e. The fourth-order valence-corrected chi connectivity index (χ4v) is 5.07. The molecule has 34 heavy (non-hydrogen) atoms. The Hall–Kier alpha value is -3.22. The molecule has 0 aliphatic carbocycles. The minimum absolute atomic E-state index is 0.164. The Bertz CT molecular complexity index is 1260. The van der Waals surface area contributed by atoms with Crippen LogP contribution in [0.15, 0.2) is 66.7 Å². The van der Waals surface area contributed by atoms with Crippen LogP contribution in [0.1, 0.15) is 31.4 Å². The largest absolute Gasteiger partial charge is 0.368 e. The molecule has 0 aromatic heterocycles. The highest BCUT2D eigenvalue weighted by Gasteiger charge is 2.51. The third-order valence-corrected chi connectivity index (χ3v) is 6.87. The highest BCUT2D eigenvalue weighted by Crippen LogP contribution is 2.32. The lowest BCUT2D eigenvalue weighted by atomic mass is 9.83. The van der Waals surface area contributed by atoms with Gasteiger partial charge in [0.15, 0.2) is 11.3 Å². The molecule has 1 aliphatic rings. The average Bonchev–Trinajstić information content (AvgIpc) is 2.94. The van der Waals surface area contributed by atoms with Gasteiger partial charge in [-0.3, -0.25) is 19.7 Å². The van der Waals surface area contributed by atoms with E-state index in [1.165, 1.54) is 11.8 Å². The van der Waals surface area contributed by atoms with Gasteiger partial charge in [-0.05, 0) is 54.3 Å². The molecule has 1 aliphatic heterocycles. The van der Waals surface area contributed by atoms with Crippen LogP contribution in [0.5, 0.6) is 0 Å². The molecule has 3 N–H and O–H groups in total. The van der Waals surface area contributed by atoms with E-state index in [2.05, 4.69) is 5.32 Å². The van der Waals surface area contributed by atoms with Crippen LogP contribution in [0.25, 0.3) is 10.8 Å². The Morgan fingerprint density at radius 3 is 2.56 bits per heavy atom. The molecule has 1 saturated heterocycles. The first-order valence-corrected chi connectivity index (χ1v) is 11.7. The zero-order chi connectivity index (χ0) is 24.5. The fraction of sp³-hybridized carbons (Fsp3) is 0.296. The second kappa shape index (κ2) is 9.57. The molecule has 6 nitrogen and oxygen atoms in total. The van der Waals surface area contributed by atoms with Crippen LogP contribution in [0.4, 0.5) is 0 Å². The van der Waals surface area contributed by atoms with E-state index in [4.69, 9.17) is 17.3 Å². The van der Waals surface area contributed by atoms with Gasteiger partial charge in [-0.2, -0.15) is 0 Å². The van der Waals surface area contributed by atoms with Crippen molar-refractivity contribution in [1.29, 1.82) is 0 Å². The number of carbonyl (C=O) groups is 3. The van der Waals surface area contributed by atoms with Crippen LogP contribution in [0.3, 0.4) is 0 Å². The van der Waals surface area contributed by atoms with Crippen molar-refractivity contribution in [3.8, 4) is 0 Å². The van der Waals surface area contributed by atoms with Crippen LogP contribution < -0.4 is 11.1 Å². The van der Waals surface area contributed by atoms with Crippen molar-refractivity contribution < 1.29 is 14.4 Å². The van der Waals surface area contributed by atoms with E-state index in [-0.39, 0.29) is 18.2 Å². The highest BCUT2D eigenvalue weighted by atomic mass is 35.5. The van der Waals surface area contributed by atoms with E-state index in [1.54, 1.807) is 24.3 Å². The topological polar surface area (TPSA) is 92.5 Å². The first-order chi connectivity index (χ1) is 16.2. The molecule has 3 unspecified atom stereocenters. The van der Waals surface area contributed by atoms with Gasteiger partial charge in [0.2, 0.25) is 5.91 Å². The van der Waals surface area contributed by atoms with Crippen LogP contribution in [0, 0.1) is 0 Å². The number of amides is 2. The number of rotatable bonds is 6. The number of hydrogen-bond acceptors (Lipinski definition) is 4. The van der Waals surface area contributed by atoms with E-state index in [0.717, 1.165) is 16.3 Å². The number of hydrogen-bond donors (Lipinski definition) is 2. The van der Waals surface area contributed by atoms with Gasteiger partial charge in [0, 0.05) is 24.0 Å². The molecule has 3 aromatic carbocycles. The standard InChI is InChI=1S/C27H28ClN3O3/c1-17-13-14-31(26(34)27(30-17,18(2)32)21-10-6-11-22(28)16-21)24(25(29)33)15-20-9-5-8-19-7-3-4-12-23(19)20/h3-12,16-17,24,30H,13-15H2,1-2H3,(H2,29,33). The molecule has 0 radical (unpaired) electrons. The first kappa shape index (κ1) is 23.9. The third kappa shape index (κ3) is 4.31. The number of nitrogens with zero attached hydrogens (tertiary/aromatic N) is 1. The van der Waals surface area contributed by atoms with Crippen molar-refractivity contribution >= 4 is 40.0 Å². The second-order valence-corrected chi connectivity index (χ2v) is 9.35. The maximum atomic E-state index is 14.2. The summed E-state index contributed by atoms with van der Waals surface area (Å²) < 4.78 is 0. The molecular weight excluding hydrogens is 450 g/mol. The summed E-state index contributed by atoms with van der Waals surface area (Å²) >= 11 is 6.23. The number of ketones is 1. The summed E-state index contributed by atoms with van der Waals surface area (Å²) in [6, 6.07) is 19.4. The van der Waals surface area contributed by atoms with Gasteiger partial charge in [0.05, 0.1) is 0 Å². The first-order valence-electron chi connectivity index (χ1n) is 11.4. The lowest BCUT2D eigenvalue weighted by Gasteiger charge is -2.37. The van der Waals surface area contributed by atoms with Crippen molar-refractivity contribution in [2.45, 2.75) is 44.3 Å². The van der Waals surface area contributed by atoms with Crippen molar-refractivity contribution in [2.24, 2.45) is 5.73 Å². The molecule has 176 valence electrons. The molecule has 1 fully saturated rings. The Labute approximate surface area is 204 Å². The number of carbonyl (C=O) groups excluding carboxylic acids is 3. The smallest absolute Gasteiger partial charge is 0.255 e. The van der Waals surface area contributed by atoms with Gasteiger partial charge in [-0.1, -0.05) is 66.2 Å². The van der Waals surface area contributed by atoms with Crippen LogP contribution in [0.2, 0.25) is 5.02 Å². The molecule has 1 heterocycles. The van der Waals surface area contributed by atoms with E-state index in [0.29, 0.717) is 23.6 Å². The van der Waals surface area contributed by atoms with Crippen LogP contribution >= 0.6 is 11.6 Å². The molecule has 2 amide bonds. The highest BCUT2D eigenvalue weighted by molar-refractivity contribution is 6.30. The number of halogens is 1. The molecule has 4 rings (SSSR count). The number of Topliss-reactive ketones (excluding diaryl/α,β-unsaturated/α-hetero) is 1. The average molecular weight is 478 g/mol. The van der Waals surface area contributed by atoms with Crippen molar-refractivity contribution in [3.05, 3.63) is 82.9 Å². The number of nitrogens with one attached hydrogen (secondary N) is 1. The van der Waals surface area contributed by atoms with Gasteiger partial charge < -0.3 is 10.6 Å².